The maximum atomic E-state index is 13.3. The fraction of sp³-hybridized carbons (Fsp3) is 0.550. The van der Waals surface area contributed by atoms with Gasteiger partial charge in [0.2, 0.25) is 11.8 Å². The second-order valence-electron chi connectivity index (χ2n) is 7.88. The lowest BCUT2D eigenvalue weighted by molar-refractivity contribution is -0.187. The molecule has 158 valence electrons. The first-order chi connectivity index (χ1) is 13.6. The SMILES string of the molecule is CC(O)C(N)C(=O)N1C(=O)C2(CCCN2C(=O)C(N)C(C)O)C1c1ccccc1. The van der Waals surface area contributed by atoms with E-state index in [1.165, 1.54) is 18.7 Å². The highest BCUT2D eigenvalue weighted by molar-refractivity contribution is 6.10. The second kappa shape index (κ2) is 7.83. The van der Waals surface area contributed by atoms with Crippen LogP contribution in [-0.2, 0) is 14.4 Å². The molecule has 2 saturated heterocycles. The summed E-state index contributed by atoms with van der Waals surface area (Å²) in [6.07, 6.45) is -1.27. The van der Waals surface area contributed by atoms with Crippen molar-refractivity contribution in [3.63, 3.8) is 0 Å². The van der Waals surface area contributed by atoms with Gasteiger partial charge in [-0.05, 0) is 32.3 Å². The van der Waals surface area contributed by atoms with Crippen molar-refractivity contribution in [2.75, 3.05) is 6.54 Å². The van der Waals surface area contributed by atoms with Crippen LogP contribution in [0.3, 0.4) is 0 Å². The number of carbonyl (C=O) groups is 3. The first kappa shape index (κ1) is 21.4. The predicted octanol–water partition coefficient (Wildman–Crippen LogP) is -1.13. The zero-order valence-electron chi connectivity index (χ0n) is 16.6. The molecule has 0 aromatic heterocycles. The van der Waals surface area contributed by atoms with Gasteiger partial charge in [-0.1, -0.05) is 30.3 Å². The van der Waals surface area contributed by atoms with Crippen LogP contribution in [0.4, 0.5) is 0 Å². The number of likely N-dealkylation sites (tertiary alicyclic amines) is 2. The number of hydrogen-bond acceptors (Lipinski definition) is 7. The Balaban J connectivity index is 2.04. The van der Waals surface area contributed by atoms with Crippen molar-refractivity contribution in [1.82, 2.24) is 9.80 Å². The molecule has 6 N–H and O–H groups in total. The van der Waals surface area contributed by atoms with Crippen LogP contribution >= 0.6 is 0 Å². The number of aliphatic hydroxyl groups excluding tert-OH is 2. The topological polar surface area (TPSA) is 150 Å². The highest BCUT2D eigenvalue weighted by Crippen LogP contribution is 2.53. The van der Waals surface area contributed by atoms with Crippen LogP contribution in [0.25, 0.3) is 0 Å². The molecule has 0 bridgehead atoms. The highest BCUT2D eigenvalue weighted by Gasteiger charge is 2.69. The largest absolute Gasteiger partial charge is 0.391 e. The van der Waals surface area contributed by atoms with Gasteiger partial charge in [-0.15, -0.1) is 0 Å². The minimum Gasteiger partial charge on any atom is -0.391 e. The number of rotatable bonds is 5. The monoisotopic (exact) mass is 404 g/mol. The van der Waals surface area contributed by atoms with Crippen LogP contribution in [0, 0.1) is 0 Å². The summed E-state index contributed by atoms with van der Waals surface area (Å²) in [5, 5.41) is 19.5. The molecule has 9 heteroatoms. The molecule has 0 aliphatic carbocycles. The van der Waals surface area contributed by atoms with E-state index in [1.807, 2.05) is 6.07 Å². The lowest BCUT2D eigenvalue weighted by Crippen LogP contribution is -2.77. The van der Waals surface area contributed by atoms with E-state index in [-0.39, 0.29) is 0 Å². The number of β-lactam (4-membered cyclic amide) rings is 1. The first-order valence-corrected chi connectivity index (χ1v) is 9.75. The van der Waals surface area contributed by atoms with Gasteiger partial charge in [-0.2, -0.15) is 0 Å². The van der Waals surface area contributed by atoms with E-state index >= 15 is 0 Å². The van der Waals surface area contributed by atoms with Crippen LogP contribution in [0.15, 0.2) is 30.3 Å². The second-order valence-corrected chi connectivity index (χ2v) is 7.88. The molecule has 2 aliphatic heterocycles. The van der Waals surface area contributed by atoms with Gasteiger partial charge in [-0.25, -0.2) is 0 Å². The molecule has 6 atom stereocenters. The Hall–Kier alpha value is -2.33. The van der Waals surface area contributed by atoms with Crippen LogP contribution < -0.4 is 11.5 Å². The average molecular weight is 404 g/mol. The average Bonchev–Trinajstić information content (AvgIpc) is 3.17. The molecule has 1 spiro atoms. The maximum Gasteiger partial charge on any atom is 0.258 e. The van der Waals surface area contributed by atoms with E-state index in [2.05, 4.69) is 0 Å². The maximum absolute atomic E-state index is 13.3. The molecular formula is C20H28N4O5. The summed E-state index contributed by atoms with van der Waals surface area (Å²) < 4.78 is 0. The van der Waals surface area contributed by atoms with Gasteiger partial charge >= 0.3 is 0 Å². The summed E-state index contributed by atoms with van der Waals surface area (Å²) in [4.78, 5) is 41.6. The van der Waals surface area contributed by atoms with E-state index in [4.69, 9.17) is 11.5 Å². The van der Waals surface area contributed by atoms with Gasteiger partial charge in [0.05, 0.1) is 18.2 Å². The zero-order chi connectivity index (χ0) is 21.5. The minimum absolute atomic E-state index is 0.304. The molecule has 1 aromatic carbocycles. The fourth-order valence-electron chi connectivity index (χ4n) is 4.29. The minimum atomic E-state index is -1.26. The van der Waals surface area contributed by atoms with Crippen molar-refractivity contribution >= 4 is 17.7 Å². The number of carbonyl (C=O) groups excluding carboxylic acids is 3. The molecule has 2 fully saturated rings. The Morgan fingerprint density at radius 2 is 1.62 bits per heavy atom. The number of nitrogens with zero attached hydrogens (tertiary/aromatic N) is 2. The highest BCUT2D eigenvalue weighted by atomic mass is 16.3. The molecule has 2 heterocycles. The smallest absolute Gasteiger partial charge is 0.258 e. The molecule has 9 nitrogen and oxygen atoms in total. The van der Waals surface area contributed by atoms with Gasteiger partial charge in [0.25, 0.3) is 5.91 Å². The molecule has 6 unspecified atom stereocenters. The Labute approximate surface area is 169 Å². The number of aliphatic hydroxyl groups is 2. The van der Waals surface area contributed by atoms with Gasteiger partial charge < -0.3 is 26.6 Å². The molecular weight excluding hydrogens is 376 g/mol. The van der Waals surface area contributed by atoms with Crippen molar-refractivity contribution in [2.24, 2.45) is 11.5 Å². The van der Waals surface area contributed by atoms with E-state index in [0.717, 1.165) is 4.90 Å². The van der Waals surface area contributed by atoms with Crippen molar-refractivity contribution in [2.45, 2.75) is 62.6 Å². The lowest BCUT2D eigenvalue weighted by atomic mass is 9.72. The van der Waals surface area contributed by atoms with Crippen LogP contribution in [0.1, 0.15) is 38.3 Å². The van der Waals surface area contributed by atoms with Crippen LogP contribution in [0.2, 0.25) is 0 Å². The number of imide groups is 1. The molecule has 1 aromatic rings. The van der Waals surface area contributed by atoms with E-state index in [1.54, 1.807) is 24.3 Å². The molecule has 0 radical (unpaired) electrons. The molecule has 3 rings (SSSR count). The van der Waals surface area contributed by atoms with Crippen LogP contribution in [0.5, 0.6) is 0 Å². The summed E-state index contributed by atoms with van der Waals surface area (Å²) in [6, 6.07) is 5.78. The standard InChI is InChI=1S/C20H28N4O5/c1-11(25)14(21)17(27)23-10-6-9-20(23)16(13-7-4-3-5-8-13)24(19(20)29)18(28)15(22)12(2)26/h3-5,7-8,11-12,14-16,25-26H,6,9-10,21-22H2,1-2H3. The summed E-state index contributed by atoms with van der Waals surface area (Å²) in [5.74, 6) is -1.75. The van der Waals surface area contributed by atoms with Crippen molar-refractivity contribution in [3.8, 4) is 0 Å². The molecule has 29 heavy (non-hydrogen) atoms. The number of nitrogens with two attached hydrogens (primary N) is 2. The summed E-state index contributed by atoms with van der Waals surface area (Å²) in [7, 11) is 0. The normalized spacial score (nSPS) is 28.1. The first-order valence-electron chi connectivity index (χ1n) is 9.75. The summed E-state index contributed by atoms with van der Waals surface area (Å²) in [5.41, 5.74) is 11.1. The third-order valence-electron chi connectivity index (χ3n) is 5.95. The summed E-state index contributed by atoms with van der Waals surface area (Å²) >= 11 is 0. The summed E-state index contributed by atoms with van der Waals surface area (Å²) in [6.45, 7) is 3.10. The predicted molar refractivity (Wildman–Crippen MR) is 104 cm³/mol. The third kappa shape index (κ3) is 3.24. The van der Waals surface area contributed by atoms with Crippen molar-refractivity contribution in [1.29, 1.82) is 0 Å². The lowest BCUT2D eigenvalue weighted by Gasteiger charge is -2.57. The fourth-order valence-corrected chi connectivity index (χ4v) is 4.29. The van der Waals surface area contributed by atoms with E-state index < -0.39 is 53.6 Å². The van der Waals surface area contributed by atoms with Gasteiger partial charge in [0.15, 0.2) is 0 Å². The molecule has 3 amide bonds. The van der Waals surface area contributed by atoms with Crippen molar-refractivity contribution in [3.05, 3.63) is 35.9 Å². The number of amides is 3. The quantitative estimate of drug-likeness (QED) is 0.454. The van der Waals surface area contributed by atoms with E-state index in [0.29, 0.717) is 24.9 Å². The van der Waals surface area contributed by atoms with Gasteiger partial charge in [0, 0.05) is 6.54 Å². The molecule has 0 saturated carbocycles. The Bertz CT molecular complexity index is 799. The zero-order valence-corrected chi connectivity index (χ0v) is 16.6. The Kier molecular flexibility index (Phi) is 5.77. The van der Waals surface area contributed by atoms with Crippen LogP contribution in [-0.4, -0.2) is 74.1 Å². The Morgan fingerprint density at radius 1 is 1.07 bits per heavy atom. The molecule has 2 aliphatic rings. The van der Waals surface area contributed by atoms with E-state index in [9.17, 15) is 24.6 Å². The van der Waals surface area contributed by atoms with Crippen molar-refractivity contribution < 1.29 is 24.6 Å². The Morgan fingerprint density at radius 3 is 2.17 bits per heavy atom. The number of benzene rings is 1. The third-order valence-corrected chi connectivity index (χ3v) is 5.95. The number of hydrogen-bond donors (Lipinski definition) is 4. The van der Waals surface area contributed by atoms with Gasteiger partial charge in [0.1, 0.15) is 17.6 Å². The van der Waals surface area contributed by atoms with Gasteiger partial charge in [-0.3, -0.25) is 19.3 Å².